The third-order valence-corrected chi connectivity index (χ3v) is 5.27. The minimum absolute atomic E-state index is 0.195. The molecule has 0 aliphatic carbocycles. The number of benzene rings is 1. The van der Waals surface area contributed by atoms with Gasteiger partial charge in [-0.2, -0.15) is 5.10 Å². The Balaban J connectivity index is 1.51. The maximum Gasteiger partial charge on any atom is 0.0858 e. The van der Waals surface area contributed by atoms with Crippen molar-refractivity contribution < 1.29 is 5.11 Å². The third-order valence-electron chi connectivity index (χ3n) is 4.95. The second-order valence-electron chi connectivity index (χ2n) is 6.75. The van der Waals surface area contributed by atoms with Crippen molar-refractivity contribution in [2.24, 2.45) is 13.0 Å². The molecule has 2 aromatic heterocycles. The molecule has 0 radical (unpaired) electrons. The van der Waals surface area contributed by atoms with Crippen LogP contribution >= 0.6 is 11.6 Å². The predicted octanol–water partition coefficient (Wildman–Crippen LogP) is 2.66. The Morgan fingerprint density at radius 1 is 1.20 bits per heavy atom. The van der Waals surface area contributed by atoms with Crippen LogP contribution < -0.4 is 0 Å². The Bertz CT molecular complexity index is 880. The van der Waals surface area contributed by atoms with E-state index in [1.165, 1.54) is 0 Å². The largest absolute Gasteiger partial charge is 0.391 e. The highest BCUT2D eigenvalue weighted by atomic mass is 35.5. The zero-order valence-corrected chi connectivity index (χ0v) is 14.9. The molecule has 2 atom stereocenters. The zero-order valence-electron chi connectivity index (χ0n) is 14.1. The van der Waals surface area contributed by atoms with E-state index in [0.717, 1.165) is 40.3 Å². The lowest BCUT2D eigenvalue weighted by Gasteiger charge is -2.14. The summed E-state index contributed by atoms with van der Waals surface area (Å²) >= 11 is 6.40. The van der Waals surface area contributed by atoms with Crippen LogP contribution in [-0.4, -0.2) is 44.0 Å². The van der Waals surface area contributed by atoms with Gasteiger partial charge in [0.05, 0.1) is 22.3 Å². The Hall–Kier alpha value is -1.95. The molecule has 1 aromatic carbocycles. The number of likely N-dealkylation sites (tertiary alicyclic amines) is 1. The van der Waals surface area contributed by atoms with Crippen LogP contribution in [0.25, 0.3) is 10.9 Å². The molecule has 0 bridgehead atoms. The normalized spacial score (nSPS) is 21.2. The average molecular weight is 357 g/mol. The number of fused-ring (bicyclic) bond motifs is 1. The first-order valence-electron chi connectivity index (χ1n) is 8.52. The van der Waals surface area contributed by atoms with Gasteiger partial charge < -0.3 is 5.11 Å². The molecule has 130 valence electrons. The van der Waals surface area contributed by atoms with Crippen LogP contribution in [-0.2, 0) is 20.0 Å². The summed E-state index contributed by atoms with van der Waals surface area (Å²) in [7, 11) is 1.94. The lowest BCUT2D eigenvalue weighted by atomic mass is 10.00. The van der Waals surface area contributed by atoms with E-state index in [1.54, 1.807) is 6.20 Å². The quantitative estimate of drug-likeness (QED) is 0.780. The lowest BCUT2D eigenvalue weighted by Crippen LogP contribution is -2.21. The highest BCUT2D eigenvalue weighted by Gasteiger charge is 2.32. The summed E-state index contributed by atoms with van der Waals surface area (Å²) in [6.45, 7) is 2.18. The Labute approximate surface area is 151 Å². The standard InChI is InChI=1S/C19H21ClN4O/c1-23-17-7-4-6-15(20)19(17)16(22-23)11-24-10-13(18(25)12-24)9-14-5-2-3-8-21-14/h2-8,13,18,25H,9-12H2,1H3/t13-,18-/m1/s1. The number of β-amino-alcohol motifs (C(OH)–C–C–N with tert-alkyl or cyclic N) is 1. The summed E-state index contributed by atoms with van der Waals surface area (Å²) in [4.78, 5) is 6.63. The van der Waals surface area contributed by atoms with Crippen molar-refractivity contribution in [2.75, 3.05) is 13.1 Å². The summed E-state index contributed by atoms with van der Waals surface area (Å²) in [6, 6.07) is 11.8. The fourth-order valence-corrected chi connectivity index (χ4v) is 4.01. The van der Waals surface area contributed by atoms with Gasteiger partial charge in [-0.1, -0.05) is 23.7 Å². The average Bonchev–Trinajstić information content (AvgIpc) is 3.10. The Kier molecular flexibility index (Phi) is 4.46. The number of rotatable bonds is 4. The molecular weight excluding hydrogens is 336 g/mol. The molecule has 0 saturated carbocycles. The lowest BCUT2D eigenvalue weighted by molar-refractivity contribution is 0.140. The molecule has 6 heteroatoms. The van der Waals surface area contributed by atoms with Gasteiger partial charge >= 0.3 is 0 Å². The summed E-state index contributed by atoms with van der Waals surface area (Å²) in [5.41, 5.74) is 3.03. The first-order chi connectivity index (χ1) is 12.1. The second kappa shape index (κ2) is 6.75. The van der Waals surface area contributed by atoms with Crippen molar-refractivity contribution in [3.8, 4) is 0 Å². The number of nitrogens with zero attached hydrogens (tertiary/aromatic N) is 4. The van der Waals surface area contributed by atoms with Crippen LogP contribution in [0.5, 0.6) is 0 Å². The van der Waals surface area contributed by atoms with E-state index in [4.69, 9.17) is 11.6 Å². The number of aromatic nitrogens is 3. The molecule has 4 rings (SSSR count). The number of aliphatic hydroxyl groups is 1. The number of hydrogen-bond donors (Lipinski definition) is 1. The van der Waals surface area contributed by atoms with Crippen molar-refractivity contribution in [1.29, 1.82) is 0 Å². The second-order valence-corrected chi connectivity index (χ2v) is 7.16. The van der Waals surface area contributed by atoms with Gasteiger partial charge in [-0.3, -0.25) is 14.6 Å². The molecule has 1 saturated heterocycles. The molecule has 1 N–H and O–H groups in total. The van der Waals surface area contributed by atoms with E-state index in [9.17, 15) is 5.11 Å². The van der Waals surface area contributed by atoms with E-state index >= 15 is 0 Å². The van der Waals surface area contributed by atoms with Gasteiger partial charge in [0.25, 0.3) is 0 Å². The molecule has 3 aromatic rings. The summed E-state index contributed by atoms with van der Waals surface area (Å²) in [5.74, 6) is 0.195. The van der Waals surface area contributed by atoms with E-state index in [-0.39, 0.29) is 12.0 Å². The molecule has 1 aliphatic rings. The first-order valence-corrected chi connectivity index (χ1v) is 8.90. The van der Waals surface area contributed by atoms with Crippen LogP contribution in [0.2, 0.25) is 5.02 Å². The predicted molar refractivity (Wildman–Crippen MR) is 98.4 cm³/mol. The van der Waals surface area contributed by atoms with Crippen molar-refractivity contribution in [2.45, 2.75) is 19.1 Å². The molecule has 1 aliphatic heterocycles. The Morgan fingerprint density at radius 3 is 2.88 bits per heavy atom. The maximum atomic E-state index is 10.5. The monoisotopic (exact) mass is 356 g/mol. The van der Waals surface area contributed by atoms with Gasteiger partial charge in [0, 0.05) is 49.9 Å². The molecule has 5 nitrogen and oxygen atoms in total. The van der Waals surface area contributed by atoms with Crippen molar-refractivity contribution in [3.63, 3.8) is 0 Å². The highest BCUT2D eigenvalue weighted by Crippen LogP contribution is 2.29. The van der Waals surface area contributed by atoms with Gasteiger partial charge in [0.15, 0.2) is 0 Å². The fourth-order valence-electron chi connectivity index (χ4n) is 3.73. The molecule has 25 heavy (non-hydrogen) atoms. The number of hydrogen-bond acceptors (Lipinski definition) is 4. The minimum Gasteiger partial charge on any atom is -0.391 e. The first kappa shape index (κ1) is 16.5. The van der Waals surface area contributed by atoms with Gasteiger partial charge in [-0.25, -0.2) is 0 Å². The van der Waals surface area contributed by atoms with Crippen LogP contribution in [0, 0.1) is 5.92 Å². The summed E-state index contributed by atoms with van der Waals surface area (Å²) in [6.07, 6.45) is 2.26. The van der Waals surface area contributed by atoms with Gasteiger partial charge in [0.1, 0.15) is 0 Å². The third kappa shape index (κ3) is 3.27. The topological polar surface area (TPSA) is 54.2 Å². The number of halogens is 1. The number of aryl methyl sites for hydroxylation is 1. The summed E-state index contributed by atoms with van der Waals surface area (Å²) in [5, 5.41) is 16.8. The fraction of sp³-hybridized carbons (Fsp3) is 0.368. The number of aliphatic hydroxyl groups excluding tert-OH is 1. The van der Waals surface area contributed by atoms with Crippen LogP contribution in [0.4, 0.5) is 0 Å². The molecule has 0 unspecified atom stereocenters. The minimum atomic E-state index is -0.340. The SMILES string of the molecule is Cn1nc(CN2C[C@@H](Cc3ccccn3)[C@H](O)C2)c2c(Cl)cccc21. The molecule has 0 spiro atoms. The highest BCUT2D eigenvalue weighted by molar-refractivity contribution is 6.35. The summed E-state index contributed by atoms with van der Waals surface area (Å²) < 4.78 is 1.87. The van der Waals surface area contributed by atoms with Gasteiger partial charge in [0.2, 0.25) is 0 Å². The van der Waals surface area contributed by atoms with Crippen LogP contribution in [0.1, 0.15) is 11.4 Å². The number of pyridine rings is 1. The zero-order chi connectivity index (χ0) is 17.4. The maximum absolute atomic E-state index is 10.5. The van der Waals surface area contributed by atoms with Crippen molar-refractivity contribution in [1.82, 2.24) is 19.7 Å². The van der Waals surface area contributed by atoms with E-state index < -0.39 is 0 Å². The molecule has 1 fully saturated rings. The van der Waals surface area contributed by atoms with E-state index in [0.29, 0.717) is 13.1 Å². The smallest absolute Gasteiger partial charge is 0.0858 e. The van der Waals surface area contributed by atoms with Crippen molar-refractivity contribution >= 4 is 22.5 Å². The molecule has 3 heterocycles. The van der Waals surface area contributed by atoms with Gasteiger partial charge in [-0.05, 0) is 30.7 Å². The van der Waals surface area contributed by atoms with E-state index in [2.05, 4.69) is 15.0 Å². The molecular formula is C19H21ClN4O. The Morgan fingerprint density at radius 2 is 2.08 bits per heavy atom. The molecule has 0 amide bonds. The van der Waals surface area contributed by atoms with Crippen molar-refractivity contribution in [3.05, 3.63) is 59.0 Å². The van der Waals surface area contributed by atoms with Crippen LogP contribution in [0.15, 0.2) is 42.6 Å². The van der Waals surface area contributed by atoms with Crippen LogP contribution in [0.3, 0.4) is 0 Å². The van der Waals surface area contributed by atoms with E-state index in [1.807, 2.05) is 48.1 Å². The van der Waals surface area contributed by atoms with Gasteiger partial charge in [-0.15, -0.1) is 0 Å².